The first-order valence-electron chi connectivity index (χ1n) is 10.2. The molecule has 1 heterocycles. The van der Waals surface area contributed by atoms with Gasteiger partial charge in [0.15, 0.2) is 0 Å². The maximum Gasteiger partial charge on any atom is 0.495 e. The quantitative estimate of drug-likeness (QED) is 0.606. The minimum atomic E-state index is -1.27. The van der Waals surface area contributed by atoms with E-state index in [-0.39, 0.29) is 18.3 Å². The Morgan fingerprint density at radius 1 is 1.04 bits per heavy atom. The van der Waals surface area contributed by atoms with Gasteiger partial charge in [0.25, 0.3) is 0 Å². The summed E-state index contributed by atoms with van der Waals surface area (Å²) >= 11 is 0. The molecule has 0 N–H and O–H groups in total. The van der Waals surface area contributed by atoms with Gasteiger partial charge in [0.2, 0.25) is 0 Å². The zero-order valence-corrected chi connectivity index (χ0v) is 20.2. The van der Waals surface area contributed by atoms with E-state index in [9.17, 15) is 0 Å². The summed E-state index contributed by atoms with van der Waals surface area (Å²) in [6.07, 6.45) is 2.22. The summed E-state index contributed by atoms with van der Waals surface area (Å²) in [4.78, 5) is 0. The largest absolute Gasteiger partial charge is 0.497 e. The molecule has 152 valence electrons. The Labute approximate surface area is 168 Å². The Morgan fingerprint density at radius 2 is 1.59 bits per heavy atom. The summed E-state index contributed by atoms with van der Waals surface area (Å²) in [5, 5.41) is 0.427. The first kappa shape index (κ1) is 22.5. The highest BCUT2D eigenvalue weighted by molar-refractivity contribution is 6.80. The van der Waals surface area contributed by atoms with Gasteiger partial charge in [-0.15, -0.1) is 0 Å². The fourth-order valence-electron chi connectivity index (χ4n) is 3.22. The lowest BCUT2D eigenvalue weighted by Gasteiger charge is -2.37. The van der Waals surface area contributed by atoms with E-state index in [4.69, 9.17) is 14.0 Å². The van der Waals surface area contributed by atoms with E-state index in [1.807, 2.05) is 6.07 Å². The number of rotatable bonds is 6. The minimum absolute atomic E-state index is 0.316. The molecule has 0 spiro atoms. The third-order valence-corrected chi connectivity index (χ3v) is 12.8. The fraction of sp³-hybridized carbons (Fsp3) is 0.727. The smallest absolute Gasteiger partial charge is 0.495 e. The maximum absolute atomic E-state index is 6.31. The van der Waals surface area contributed by atoms with Gasteiger partial charge in [-0.25, -0.2) is 0 Å². The van der Waals surface area contributed by atoms with Gasteiger partial charge in [0.1, 0.15) is 5.75 Å². The second-order valence-corrected chi connectivity index (χ2v) is 16.4. The van der Waals surface area contributed by atoms with Crippen LogP contribution in [0.15, 0.2) is 18.2 Å². The molecule has 3 nitrogen and oxygen atoms in total. The molecule has 1 aromatic rings. The number of methoxy groups -OCH3 is 1. The number of aryl methyl sites for hydroxylation is 1. The van der Waals surface area contributed by atoms with Crippen LogP contribution in [0.3, 0.4) is 0 Å². The lowest BCUT2D eigenvalue weighted by molar-refractivity contribution is 0.00578. The maximum atomic E-state index is 6.31. The SMILES string of the molecule is COc1ccc(B2OC(C)(C)C(C)(C)O2)c(CCC[Si](C)(C)C(C)(C)C)c1. The van der Waals surface area contributed by atoms with Gasteiger partial charge in [-0.05, 0) is 62.3 Å². The van der Waals surface area contributed by atoms with Gasteiger partial charge in [-0.1, -0.05) is 52.4 Å². The molecule has 1 aliphatic rings. The van der Waals surface area contributed by atoms with Crippen LogP contribution in [0.5, 0.6) is 5.75 Å². The highest BCUT2D eigenvalue weighted by Gasteiger charge is 2.52. The zero-order chi connectivity index (χ0) is 20.7. The van der Waals surface area contributed by atoms with Crippen LogP contribution in [0, 0.1) is 0 Å². The molecule has 0 aromatic heterocycles. The molecule has 0 aliphatic carbocycles. The Kier molecular flexibility index (Phi) is 6.31. The van der Waals surface area contributed by atoms with E-state index >= 15 is 0 Å². The van der Waals surface area contributed by atoms with Crippen molar-refractivity contribution in [2.24, 2.45) is 0 Å². The van der Waals surface area contributed by atoms with Crippen molar-refractivity contribution in [2.75, 3.05) is 7.11 Å². The molecule has 0 radical (unpaired) electrons. The molecule has 1 aromatic carbocycles. The fourth-order valence-corrected chi connectivity index (χ4v) is 5.03. The zero-order valence-electron chi connectivity index (χ0n) is 19.2. The van der Waals surface area contributed by atoms with Crippen LogP contribution in [-0.4, -0.2) is 33.5 Å². The lowest BCUT2D eigenvalue weighted by atomic mass is 9.75. The second-order valence-electron chi connectivity index (χ2n) is 10.6. The van der Waals surface area contributed by atoms with Gasteiger partial charge in [-0.3, -0.25) is 0 Å². The first-order valence-corrected chi connectivity index (χ1v) is 13.4. The van der Waals surface area contributed by atoms with E-state index in [0.717, 1.165) is 17.6 Å². The summed E-state index contributed by atoms with van der Waals surface area (Å²) in [7, 11) is 0.140. The van der Waals surface area contributed by atoms with Crippen molar-refractivity contribution >= 4 is 20.7 Å². The van der Waals surface area contributed by atoms with Gasteiger partial charge in [0, 0.05) is 0 Å². The van der Waals surface area contributed by atoms with E-state index < -0.39 is 8.07 Å². The Hall–Kier alpha value is -0.778. The third kappa shape index (κ3) is 4.80. The van der Waals surface area contributed by atoms with Crippen LogP contribution in [0.2, 0.25) is 24.2 Å². The average molecular weight is 390 g/mol. The molecular weight excluding hydrogens is 351 g/mol. The second kappa shape index (κ2) is 7.57. The molecule has 1 aliphatic heterocycles. The monoisotopic (exact) mass is 390 g/mol. The molecule has 0 atom stereocenters. The molecule has 2 rings (SSSR count). The third-order valence-electron chi connectivity index (χ3n) is 7.14. The molecular formula is C22H39BO3Si. The topological polar surface area (TPSA) is 27.7 Å². The van der Waals surface area contributed by atoms with E-state index in [1.54, 1.807) is 7.11 Å². The number of benzene rings is 1. The van der Waals surface area contributed by atoms with Crippen LogP contribution < -0.4 is 10.2 Å². The molecule has 0 saturated carbocycles. The van der Waals surface area contributed by atoms with Gasteiger partial charge in [0.05, 0.1) is 26.4 Å². The normalized spacial score (nSPS) is 19.4. The molecule has 1 fully saturated rings. The summed E-state index contributed by atoms with van der Waals surface area (Å²) in [6.45, 7) is 20.6. The summed E-state index contributed by atoms with van der Waals surface area (Å²) in [5.74, 6) is 0.901. The Balaban J connectivity index is 2.21. The number of hydrogen-bond donors (Lipinski definition) is 0. The Morgan fingerprint density at radius 3 is 2.07 bits per heavy atom. The van der Waals surface area contributed by atoms with Crippen LogP contribution in [0.25, 0.3) is 0 Å². The van der Waals surface area contributed by atoms with Gasteiger partial charge < -0.3 is 14.0 Å². The number of ether oxygens (including phenoxy) is 1. The Bertz CT molecular complexity index is 646. The van der Waals surface area contributed by atoms with Crippen molar-refractivity contribution in [2.45, 2.75) is 96.7 Å². The van der Waals surface area contributed by atoms with E-state index in [0.29, 0.717) is 5.04 Å². The summed E-state index contributed by atoms with van der Waals surface area (Å²) in [5.41, 5.74) is 1.78. The predicted octanol–water partition coefficient (Wildman–Crippen LogP) is 5.44. The molecule has 27 heavy (non-hydrogen) atoms. The van der Waals surface area contributed by atoms with Crippen LogP contribution >= 0.6 is 0 Å². The molecule has 5 heteroatoms. The van der Waals surface area contributed by atoms with Crippen LogP contribution in [0.4, 0.5) is 0 Å². The van der Waals surface area contributed by atoms with Crippen molar-refractivity contribution in [3.05, 3.63) is 23.8 Å². The minimum Gasteiger partial charge on any atom is -0.497 e. The van der Waals surface area contributed by atoms with Crippen molar-refractivity contribution < 1.29 is 14.0 Å². The lowest BCUT2D eigenvalue weighted by Crippen LogP contribution is -2.41. The molecule has 0 bridgehead atoms. The van der Waals surface area contributed by atoms with Crippen LogP contribution in [-0.2, 0) is 15.7 Å². The molecule has 0 unspecified atom stereocenters. The van der Waals surface area contributed by atoms with Crippen molar-refractivity contribution in [3.8, 4) is 5.75 Å². The first-order chi connectivity index (χ1) is 12.2. The summed E-state index contributed by atoms with van der Waals surface area (Å²) < 4.78 is 18.1. The van der Waals surface area contributed by atoms with E-state index in [2.05, 4.69) is 73.7 Å². The van der Waals surface area contributed by atoms with E-state index in [1.165, 1.54) is 18.0 Å². The van der Waals surface area contributed by atoms with Crippen molar-refractivity contribution in [3.63, 3.8) is 0 Å². The standard InChI is InChI=1S/C22H39BO3Si/c1-20(2,3)27(9,10)15-11-12-17-16-18(24-8)13-14-19(17)23-25-21(4,5)22(6,7)26-23/h13-14,16H,11-12,15H2,1-10H3. The molecule has 0 amide bonds. The average Bonchev–Trinajstić information content (AvgIpc) is 2.73. The summed E-state index contributed by atoms with van der Waals surface area (Å²) in [6, 6.07) is 7.60. The van der Waals surface area contributed by atoms with Crippen LogP contribution in [0.1, 0.15) is 60.5 Å². The predicted molar refractivity (Wildman–Crippen MR) is 119 cm³/mol. The van der Waals surface area contributed by atoms with Gasteiger partial charge in [-0.2, -0.15) is 0 Å². The molecule has 1 saturated heterocycles. The highest BCUT2D eigenvalue weighted by Crippen LogP contribution is 2.40. The van der Waals surface area contributed by atoms with Crippen molar-refractivity contribution in [1.82, 2.24) is 0 Å². The van der Waals surface area contributed by atoms with Crippen molar-refractivity contribution in [1.29, 1.82) is 0 Å². The van der Waals surface area contributed by atoms with Gasteiger partial charge >= 0.3 is 7.12 Å². The number of hydrogen-bond acceptors (Lipinski definition) is 3. The highest BCUT2D eigenvalue weighted by atomic mass is 28.3.